The van der Waals surface area contributed by atoms with Crippen molar-refractivity contribution in [2.24, 2.45) is 5.41 Å². The van der Waals surface area contributed by atoms with Crippen molar-refractivity contribution in [3.8, 4) is 0 Å². The molecule has 1 aliphatic carbocycles. The molecule has 2 heterocycles. The third kappa shape index (κ3) is 3.41. The number of fused-ring (bicyclic) bond motifs is 1. The number of anilines is 2. The van der Waals surface area contributed by atoms with Gasteiger partial charge in [0.05, 0.1) is 0 Å². The molecule has 1 aromatic carbocycles. The van der Waals surface area contributed by atoms with Crippen LogP contribution >= 0.6 is 11.8 Å². The van der Waals surface area contributed by atoms with Gasteiger partial charge in [-0.2, -0.15) is 0 Å². The highest BCUT2D eigenvalue weighted by Gasteiger charge is 2.42. The Kier molecular flexibility index (Phi) is 4.91. The van der Waals surface area contributed by atoms with E-state index in [9.17, 15) is 4.79 Å². The van der Waals surface area contributed by atoms with Crippen LogP contribution in [0.2, 0.25) is 0 Å². The van der Waals surface area contributed by atoms with E-state index in [0.29, 0.717) is 17.4 Å². The average Bonchev–Trinajstić information content (AvgIpc) is 2.64. The van der Waals surface area contributed by atoms with Crippen molar-refractivity contribution in [2.75, 3.05) is 16.8 Å². The molecule has 2 aromatic rings. The predicted octanol–water partition coefficient (Wildman–Crippen LogP) is 4.76. The van der Waals surface area contributed by atoms with Crippen LogP contribution in [0.25, 0.3) is 0 Å². The fourth-order valence-electron chi connectivity index (χ4n) is 4.15. The van der Waals surface area contributed by atoms with Crippen LogP contribution in [0.3, 0.4) is 0 Å². The molecule has 0 spiro atoms. The van der Waals surface area contributed by atoms with E-state index in [-0.39, 0.29) is 17.1 Å². The molecule has 1 aromatic heterocycles. The van der Waals surface area contributed by atoms with E-state index in [1.54, 1.807) is 11.8 Å². The normalized spacial score (nSPS) is 20.4. The fourth-order valence-corrected chi connectivity index (χ4v) is 4.86. The van der Waals surface area contributed by atoms with Crippen molar-refractivity contribution in [3.05, 3.63) is 52.7 Å². The minimum absolute atomic E-state index is 0.0694. The van der Waals surface area contributed by atoms with Gasteiger partial charge in [-0.1, -0.05) is 62.9 Å². The number of allylic oxidation sites excluding steroid dienone is 2. The number of nitrogens with one attached hydrogen (secondary N) is 1. The summed E-state index contributed by atoms with van der Waals surface area (Å²) in [5.74, 6) is 2.10. The summed E-state index contributed by atoms with van der Waals surface area (Å²) < 4.78 is 0. The van der Waals surface area contributed by atoms with Crippen molar-refractivity contribution in [1.82, 2.24) is 9.97 Å². The van der Waals surface area contributed by atoms with Crippen LogP contribution in [0.15, 0.2) is 46.8 Å². The smallest absolute Gasteiger partial charge is 0.191 e. The van der Waals surface area contributed by atoms with Gasteiger partial charge < -0.3 is 11.1 Å². The zero-order chi connectivity index (χ0) is 19.9. The molecular weight excluding hydrogens is 368 g/mol. The highest BCUT2D eigenvalue weighted by Crippen LogP contribution is 2.49. The molecule has 5 nitrogen and oxygen atoms in total. The van der Waals surface area contributed by atoms with Crippen LogP contribution in [0.4, 0.5) is 11.6 Å². The van der Waals surface area contributed by atoms with E-state index < -0.39 is 0 Å². The fraction of sp³-hybridized carbons (Fsp3) is 0.409. The van der Waals surface area contributed by atoms with Crippen molar-refractivity contribution in [1.29, 1.82) is 0 Å². The molecule has 0 amide bonds. The van der Waals surface area contributed by atoms with Gasteiger partial charge in [0, 0.05) is 34.9 Å². The van der Waals surface area contributed by atoms with Crippen LogP contribution in [-0.2, 0) is 4.79 Å². The standard InChI is InChI=1S/C22H26N4OS/c1-4-10-28-21-25-19(23)18-16(13-8-6-5-7-9-13)17-14(24-20(18)26-21)11-22(2,3)12-15(17)27/h5-9,16H,4,10-12H2,1-3H3,(H3,23,24,25,26). The topological polar surface area (TPSA) is 80.9 Å². The van der Waals surface area contributed by atoms with E-state index >= 15 is 0 Å². The number of carbonyl (C=O) groups excluding carboxylic acids is 1. The number of nitrogens with two attached hydrogens (primary N) is 1. The van der Waals surface area contributed by atoms with Gasteiger partial charge in [0.15, 0.2) is 10.9 Å². The summed E-state index contributed by atoms with van der Waals surface area (Å²) in [6, 6.07) is 10.1. The molecule has 1 aliphatic heterocycles. The lowest BCUT2D eigenvalue weighted by atomic mass is 9.69. The lowest BCUT2D eigenvalue weighted by Gasteiger charge is -2.39. The number of rotatable bonds is 4. The Hall–Kier alpha value is -2.34. The van der Waals surface area contributed by atoms with Gasteiger partial charge in [-0.15, -0.1) is 0 Å². The molecule has 28 heavy (non-hydrogen) atoms. The number of benzene rings is 1. The molecule has 0 fully saturated rings. The van der Waals surface area contributed by atoms with Crippen LogP contribution in [0.5, 0.6) is 0 Å². The zero-order valence-corrected chi connectivity index (χ0v) is 17.4. The summed E-state index contributed by atoms with van der Waals surface area (Å²) >= 11 is 1.61. The van der Waals surface area contributed by atoms with Crippen LogP contribution in [0, 0.1) is 5.41 Å². The number of thioether (sulfide) groups is 1. The predicted molar refractivity (Wildman–Crippen MR) is 114 cm³/mol. The molecule has 146 valence electrons. The minimum Gasteiger partial charge on any atom is -0.383 e. The van der Waals surface area contributed by atoms with Gasteiger partial charge in [0.25, 0.3) is 0 Å². The Morgan fingerprint density at radius 2 is 1.96 bits per heavy atom. The van der Waals surface area contributed by atoms with Gasteiger partial charge in [0.1, 0.15) is 11.6 Å². The third-order valence-electron chi connectivity index (χ3n) is 5.29. The van der Waals surface area contributed by atoms with E-state index in [4.69, 9.17) is 10.7 Å². The summed E-state index contributed by atoms with van der Waals surface area (Å²) in [7, 11) is 0. The first kappa shape index (κ1) is 19.0. The lowest BCUT2D eigenvalue weighted by molar-refractivity contribution is -0.118. The minimum atomic E-state index is -0.221. The second-order valence-corrected chi connectivity index (χ2v) is 9.37. The molecule has 6 heteroatoms. The second kappa shape index (κ2) is 7.24. The van der Waals surface area contributed by atoms with E-state index in [2.05, 4.69) is 43.2 Å². The first-order valence-corrected chi connectivity index (χ1v) is 10.8. The summed E-state index contributed by atoms with van der Waals surface area (Å²) in [5.41, 5.74) is 10.0. The number of hydrogen-bond donors (Lipinski definition) is 2. The molecule has 3 N–H and O–H groups in total. The molecule has 4 rings (SSSR count). The maximum Gasteiger partial charge on any atom is 0.191 e. The maximum atomic E-state index is 13.2. The van der Waals surface area contributed by atoms with Gasteiger partial charge in [-0.05, 0) is 23.8 Å². The summed E-state index contributed by atoms with van der Waals surface area (Å²) in [6.07, 6.45) is 2.40. The van der Waals surface area contributed by atoms with Gasteiger partial charge in [0.2, 0.25) is 0 Å². The third-order valence-corrected chi connectivity index (χ3v) is 6.34. The molecule has 1 atom stereocenters. The molecule has 2 aliphatic rings. The summed E-state index contributed by atoms with van der Waals surface area (Å²) in [5, 5.41) is 4.14. The summed E-state index contributed by atoms with van der Waals surface area (Å²) in [6.45, 7) is 6.41. The average molecular weight is 395 g/mol. The van der Waals surface area contributed by atoms with Gasteiger partial charge in [-0.25, -0.2) is 9.97 Å². The van der Waals surface area contributed by atoms with Crippen molar-refractivity contribution in [2.45, 2.75) is 51.1 Å². The molecular formula is C22H26N4OS. The molecule has 0 saturated carbocycles. The molecule has 1 unspecified atom stereocenters. The molecule has 0 saturated heterocycles. The van der Waals surface area contributed by atoms with Gasteiger partial charge in [-0.3, -0.25) is 4.79 Å². The second-order valence-electron chi connectivity index (χ2n) is 8.30. The molecule has 0 bridgehead atoms. The number of ketones is 1. The zero-order valence-electron chi connectivity index (χ0n) is 16.6. The number of aromatic nitrogens is 2. The van der Waals surface area contributed by atoms with E-state index in [0.717, 1.165) is 46.8 Å². The van der Waals surface area contributed by atoms with Crippen molar-refractivity contribution in [3.63, 3.8) is 0 Å². The first-order chi connectivity index (χ1) is 13.4. The first-order valence-electron chi connectivity index (χ1n) is 9.78. The van der Waals surface area contributed by atoms with E-state index in [1.807, 2.05) is 18.2 Å². The Labute approximate surface area is 170 Å². The Morgan fingerprint density at radius 1 is 1.21 bits per heavy atom. The van der Waals surface area contributed by atoms with Crippen molar-refractivity contribution < 1.29 is 4.79 Å². The number of Topliss-reactive ketones (excluding diaryl/α,β-unsaturated/α-hetero) is 1. The van der Waals surface area contributed by atoms with Crippen molar-refractivity contribution >= 4 is 29.2 Å². The van der Waals surface area contributed by atoms with Gasteiger partial charge >= 0.3 is 0 Å². The van der Waals surface area contributed by atoms with Crippen LogP contribution in [-0.4, -0.2) is 21.5 Å². The Bertz CT molecular complexity index is 953. The quantitative estimate of drug-likeness (QED) is 0.575. The highest BCUT2D eigenvalue weighted by molar-refractivity contribution is 7.99. The lowest BCUT2D eigenvalue weighted by Crippen LogP contribution is -2.34. The molecule has 0 radical (unpaired) electrons. The van der Waals surface area contributed by atoms with Crippen LogP contribution in [0.1, 0.15) is 57.1 Å². The number of nitrogens with zero attached hydrogens (tertiary/aromatic N) is 2. The SMILES string of the molecule is CCCSc1nc(N)c2c(n1)NC1=C(C(=O)CC(C)(C)C1)C2c1ccccc1. The number of hydrogen-bond acceptors (Lipinski definition) is 6. The monoisotopic (exact) mass is 394 g/mol. The number of nitrogen functional groups attached to an aromatic ring is 1. The highest BCUT2D eigenvalue weighted by atomic mass is 32.2. The largest absolute Gasteiger partial charge is 0.383 e. The maximum absolute atomic E-state index is 13.2. The van der Waals surface area contributed by atoms with Crippen LogP contribution < -0.4 is 11.1 Å². The summed E-state index contributed by atoms with van der Waals surface area (Å²) in [4.78, 5) is 22.5. The Balaban J connectivity index is 1.89. The number of carbonyl (C=O) groups is 1. The Morgan fingerprint density at radius 3 is 2.68 bits per heavy atom. The van der Waals surface area contributed by atoms with E-state index in [1.165, 1.54) is 0 Å².